The highest BCUT2D eigenvalue weighted by atomic mass is 16.5. The summed E-state index contributed by atoms with van der Waals surface area (Å²) in [6, 6.07) is 22.1. The second-order valence-electron chi connectivity index (χ2n) is 6.43. The monoisotopic (exact) mass is 374 g/mol. The SMILES string of the molecule is Cc1cccc(NC(=O)CC(=O)Nc2ccccc2Oc2ccccc2)c1C. The molecule has 0 radical (unpaired) electrons. The van der Waals surface area contributed by atoms with Gasteiger partial charge in [-0.05, 0) is 55.3 Å². The molecule has 0 aliphatic carbocycles. The van der Waals surface area contributed by atoms with Crippen LogP contribution in [-0.2, 0) is 9.59 Å². The lowest BCUT2D eigenvalue weighted by atomic mass is 10.1. The van der Waals surface area contributed by atoms with Crippen LogP contribution in [0.2, 0.25) is 0 Å². The highest BCUT2D eigenvalue weighted by Gasteiger charge is 2.14. The summed E-state index contributed by atoms with van der Waals surface area (Å²) < 4.78 is 5.82. The highest BCUT2D eigenvalue weighted by molar-refractivity contribution is 6.08. The number of rotatable bonds is 6. The standard InChI is InChI=1S/C23H22N2O3/c1-16-9-8-13-19(17(16)2)24-22(26)15-23(27)25-20-12-6-7-14-21(20)28-18-10-4-3-5-11-18/h3-14H,15H2,1-2H3,(H,24,26)(H,25,27). The van der Waals surface area contributed by atoms with Crippen LogP contribution in [0.1, 0.15) is 17.5 Å². The lowest BCUT2D eigenvalue weighted by molar-refractivity contribution is -0.123. The predicted molar refractivity (Wildman–Crippen MR) is 111 cm³/mol. The third-order valence-corrected chi connectivity index (χ3v) is 4.33. The number of nitrogens with one attached hydrogen (secondary N) is 2. The van der Waals surface area contributed by atoms with Gasteiger partial charge < -0.3 is 15.4 Å². The summed E-state index contributed by atoms with van der Waals surface area (Å²) in [5.41, 5.74) is 3.29. The summed E-state index contributed by atoms with van der Waals surface area (Å²) in [5.74, 6) is 0.397. The van der Waals surface area contributed by atoms with E-state index in [4.69, 9.17) is 4.74 Å². The van der Waals surface area contributed by atoms with Crippen LogP contribution in [0.3, 0.4) is 0 Å². The van der Waals surface area contributed by atoms with Crippen molar-refractivity contribution in [2.45, 2.75) is 20.3 Å². The van der Waals surface area contributed by atoms with E-state index in [0.29, 0.717) is 22.9 Å². The van der Waals surface area contributed by atoms with Crippen LogP contribution in [0.25, 0.3) is 0 Å². The van der Waals surface area contributed by atoms with Crippen LogP contribution in [0.5, 0.6) is 11.5 Å². The zero-order chi connectivity index (χ0) is 19.9. The number of aryl methyl sites for hydroxylation is 1. The Morgan fingerprint density at radius 1 is 0.750 bits per heavy atom. The molecule has 0 bridgehead atoms. The van der Waals surface area contributed by atoms with E-state index in [1.54, 1.807) is 18.2 Å². The van der Waals surface area contributed by atoms with Gasteiger partial charge in [-0.2, -0.15) is 0 Å². The first-order valence-electron chi connectivity index (χ1n) is 9.01. The number of amides is 2. The summed E-state index contributed by atoms with van der Waals surface area (Å²) in [7, 11) is 0. The second-order valence-corrected chi connectivity index (χ2v) is 6.43. The Morgan fingerprint density at radius 3 is 2.11 bits per heavy atom. The number of hydrogen-bond donors (Lipinski definition) is 2. The molecule has 0 spiro atoms. The number of benzene rings is 3. The number of ether oxygens (including phenoxy) is 1. The first kappa shape index (κ1) is 19.2. The molecular formula is C23H22N2O3. The molecular weight excluding hydrogens is 352 g/mol. The zero-order valence-electron chi connectivity index (χ0n) is 15.9. The number of carbonyl (C=O) groups excluding carboxylic acids is 2. The van der Waals surface area contributed by atoms with Gasteiger partial charge in [0.2, 0.25) is 11.8 Å². The lowest BCUT2D eigenvalue weighted by Crippen LogP contribution is -2.22. The minimum absolute atomic E-state index is 0.285. The van der Waals surface area contributed by atoms with Crippen molar-refractivity contribution in [3.8, 4) is 11.5 Å². The van der Waals surface area contributed by atoms with Crippen molar-refractivity contribution in [1.82, 2.24) is 0 Å². The maximum Gasteiger partial charge on any atom is 0.233 e. The van der Waals surface area contributed by atoms with Gasteiger partial charge in [0.25, 0.3) is 0 Å². The van der Waals surface area contributed by atoms with Crippen molar-refractivity contribution in [3.63, 3.8) is 0 Å². The van der Waals surface area contributed by atoms with E-state index in [1.165, 1.54) is 0 Å². The summed E-state index contributed by atoms with van der Waals surface area (Å²) in [5, 5.41) is 5.54. The van der Waals surface area contributed by atoms with Crippen molar-refractivity contribution in [2.24, 2.45) is 0 Å². The van der Waals surface area contributed by atoms with E-state index >= 15 is 0 Å². The summed E-state index contributed by atoms with van der Waals surface area (Å²) >= 11 is 0. The molecule has 0 heterocycles. The van der Waals surface area contributed by atoms with Crippen molar-refractivity contribution in [3.05, 3.63) is 83.9 Å². The average molecular weight is 374 g/mol. The van der Waals surface area contributed by atoms with Gasteiger partial charge in [-0.3, -0.25) is 9.59 Å². The van der Waals surface area contributed by atoms with E-state index in [-0.39, 0.29) is 12.3 Å². The van der Waals surface area contributed by atoms with Gasteiger partial charge in [0.15, 0.2) is 5.75 Å². The minimum Gasteiger partial charge on any atom is -0.455 e. The molecule has 0 aromatic heterocycles. The summed E-state index contributed by atoms with van der Waals surface area (Å²) in [4.78, 5) is 24.6. The number of carbonyl (C=O) groups is 2. The van der Waals surface area contributed by atoms with Crippen LogP contribution in [0.15, 0.2) is 72.8 Å². The normalized spacial score (nSPS) is 10.2. The van der Waals surface area contributed by atoms with E-state index in [1.807, 2.05) is 68.4 Å². The third kappa shape index (κ3) is 4.98. The van der Waals surface area contributed by atoms with Crippen LogP contribution in [0, 0.1) is 13.8 Å². The molecule has 3 rings (SSSR count). The van der Waals surface area contributed by atoms with Crippen LogP contribution < -0.4 is 15.4 Å². The molecule has 3 aromatic carbocycles. The maximum atomic E-state index is 12.3. The summed E-state index contributed by atoms with van der Waals surface area (Å²) in [6.07, 6.45) is -0.285. The van der Waals surface area contributed by atoms with Crippen LogP contribution >= 0.6 is 0 Å². The maximum absolute atomic E-state index is 12.3. The molecule has 5 heteroatoms. The average Bonchev–Trinajstić information content (AvgIpc) is 2.68. The predicted octanol–water partition coefficient (Wildman–Crippen LogP) is 5.06. The largest absolute Gasteiger partial charge is 0.455 e. The van der Waals surface area contributed by atoms with Crippen molar-refractivity contribution < 1.29 is 14.3 Å². The fraction of sp³-hybridized carbons (Fsp3) is 0.130. The minimum atomic E-state index is -0.410. The van der Waals surface area contributed by atoms with Crippen molar-refractivity contribution in [1.29, 1.82) is 0 Å². The van der Waals surface area contributed by atoms with Gasteiger partial charge >= 0.3 is 0 Å². The smallest absolute Gasteiger partial charge is 0.233 e. The van der Waals surface area contributed by atoms with Crippen LogP contribution in [0.4, 0.5) is 11.4 Å². The molecule has 0 aliphatic rings. The Bertz CT molecular complexity index is 984. The Hall–Kier alpha value is -3.60. The number of anilines is 2. The van der Waals surface area contributed by atoms with Gasteiger partial charge in [0.05, 0.1) is 5.69 Å². The second kappa shape index (κ2) is 8.86. The molecule has 0 saturated heterocycles. The molecule has 5 nitrogen and oxygen atoms in total. The van der Waals surface area contributed by atoms with Gasteiger partial charge in [-0.15, -0.1) is 0 Å². The lowest BCUT2D eigenvalue weighted by Gasteiger charge is -2.13. The Morgan fingerprint density at radius 2 is 1.36 bits per heavy atom. The molecule has 28 heavy (non-hydrogen) atoms. The molecule has 3 aromatic rings. The Kier molecular flexibility index (Phi) is 6.07. The third-order valence-electron chi connectivity index (χ3n) is 4.33. The molecule has 0 fully saturated rings. The van der Waals surface area contributed by atoms with Gasteiger partial charge in [0, 0.05) is 5.69 Å². The van der Waals surface area contributed by atoms with E-state index in [9.17, 15) is 9.59 Å². The first-order chi connectivity index (χ1) is 13.5. The van der Waals surface area contributed by atoms with Gasteiger partial charge in [-0.25, -0.2) is 0 Å². The zero-order valence-corrected chi connectivity index (χ0v) is 15.9. The van der Waals surface area contributed by atoms with E-state index in [0.717, 1.165) is 11.1 Å². The van der Waals surface area contributed by atoms with E-state index in [2.05, 4.69) is 10.6 Å². The molecule has 142 valence electrons. The van der Waals surface area contributed by atoms with Crippen LogP contribution in [-0.4, -0.2) is 11.8 Å². The summed E-state index contributed by atoms with van der Waals surface area (Å²) in [6.45, 7) is 3.91. The molecule has 0 atom stereocenters. The van der Waals surface area contributed by atoms with Gasteiger partial charge in [-0.1, -0.05) is 42.5 Å². The van der Waals surface area contributed by atoms with Crippen molar-refractivity contribution in [2.75, 3.05) is 10.6 Å². The van der Waals surface area contributed by atoms with Crippen molar-refractivity contribution >= 4 is 23.2 Å². The number of para-hydroxylation sites is 3. The fourth-order valence-electron chi connectivity index (χ4n) is 2.70. The Labute approximate surface area is 164 Å². The number of hydrogen-bond acceptors (Lipinski definition) is 3. The molecule has 0 unspecified atom stereocenters. The molecule has 2 N–H and O–H groups in total. The molecule has 0 saturated carbocycles. The topological polar surface area (TPSA) is 67.4 Å². The highest BCUT2D eigenvalue weighted by Crippen LogP contribution is 2.29. The van der Waals surface area contributed by atoms with E-state index < -0.39 is 5.91 Å². The molecule has 0 aliphatic heterocycles. The fourth-order valence-corrected chi connectivity index (χ4v) is 2.70. The quantitative estimate of drug-likeness (QED) is 0.593. The van der Waals surface area contributed by atoms with Gasteiger partial charge in [0.1, 0.15) is 12.2 Å². The Balaban J connectivity index is 1.63. The molecule has 2 amide bonds. The first-order valence-corrected chi connectivity index (χ1v) is 9.01.